The second-order valence-electron chi connectivity index (χ2n) is 6.49. The highest BCUT2D eigenvalue weighted by atomic mass is 16.5. The topological polar surface area (TPSA) is 91.4 Å². The fourth-order valence-electron chi connectivity index (χ4n) is 3.05. The molecule has 2 rings (SSSR count). The van der Waals surface area contributed by atoms with Crippen LogP contribution in [0.4, 0.5) is 0 Å². The van der Waals surface area contributed by atoms with E-state index < -0.39 is 5.97 Å². The van der Waals surface area contributed by atoms with E-state index >= 15 is 0 Å². The van der Waals surface area contributed by atoms with Crippen LogP contribution in [0.1, 0.15) is 25.3 Å². The zero-order valence-corrected chi connectivity index (χ0v) is 17.0. The third-order valence-corrected chi connectivity index (χ3v) is 4.55. The van der Waals surface area contributed by atoms with Crippen LogP contribution in [-0.2, 0) is 23.9 Å². The number of hydrogen-bond acceptors (Lipinski definition) is 7. The first kappa shape index (κ1) is 22.3. The summed E-state index contributed by atoms with van der Waals surface area (Å²) in [5.74, 6) is -0.452. The third kappa shape index (κ3) is 6.51. The Morgan fingerprint density at radius 3 is 2.59 bits per heavy atom. The maximum absolute atomic E-state index is 12.3. The highest BCUT2D eigenvalue weighted by Gasteiger charge is 2.29. The van der Waals surface area contributed by atoms with E-state index in [0.29, 0.717) is 37.5 Å². The van der Waals surface area contributed by atoms with Crippen LogP contribution in [0, 0.1) is 5.92 Å². The smallest absolute Gasteiger partial charge is 0.331 e. The normalized spacial score (nSPS) is 16.4. The number of benzene rings is 1. The monoisotopic (exact) mass is 405 g/mol. The Morgan fingerprint density at radius 1 is 1.14 bits per heavy atom. The van der Waals surface area contributed by atoms with Gasteiger partial charge >= 0.3 is 11.9 Å². The van der Waals surface area contributed by atoms with Crippen molar-refractivity contribution < 1.29 is 33.3 Å². The number of piperidine rings is 1. The van der Waals surface area contributed by atoms with Gasteiger partial charge in [-0.15, -0.1) is 0 Å². The Morgan fingerprint density at radius 2 is 1.90 bits per heavy atom. The SMILES string of the molecule is CCOC(=O)[C@H]1CCCN(C(=O)COC(=O)/C=C/c2ccc(OC)c(OC)c2)C1. The van der Waals surface area contributed by atoms with Gasteiger partial charge in [0.25, 0.3) is 5.91 Å². The molecule has 1 atom stereocenters. The van der Waals surface area contributed by atoms with Crippen LogP contribution in [0.15, 0.2) is 24.3 Å². The lowest BCUT2D eigenvalue weighted by molar-refractivity contribution is -0.154. The molecular formula is C21H27NO7. The van der Waals surface area contributed by atoms with Gasteiger partial charge in [0.1, 0.15) is 0 Å². The summed E-state index contributed by atoms with van der Waals surface area (Å²) in [6, 6.07) is 5.21. The van der Waals surface area contributed by atoms with E-state index in [-0.39, 0.29) is 30.9 Å². The lowest BCUT2D eigenvalue weighted by atomic mass is 9.98. The molecule has 0 spiro atoms. The van der Waals surface area contributed by atoms with Crippen LogP contribution in [-0.4, -0.2) is 63.3 Å². The molecular weight excluding hydrogens is 378 g/mol. The van der Waals surface area contributed by atoms with E-state index in [0.717, 1.165) is 5.56 Å². The maximum atomic E-state index is 12.3. The molecule has 1 aliphatic rings. The molecule has 1 saturated heterocycles. The number of ether oxygens (including phenoxy) is 4. The second-order valence-corrected chi connectivity index (χ2v) is 6.49. The van der Waals surface area contributed by atoms with Crippen molar-refractivity contribution in [2.75, 3.05) is 40.5 Å². The minimum atomic E-state index is -0.632. The van der Waals surface area contributed by atoms with Gasteiger partial charge in [0, 0.05) is 19.2 Å². The van der Waals surface area contributed by atoms with E-state index in [1.807, 2.05) is 0 Å². The number of rotatable bonds is 8. The standard InChI is InChI=1S/C21H27NO7/c1-4-28-21(25)16-6-5-11-22(13-16)19(23)14-29-20(24)10-8-15-7-9-17(26-2)18(12-15)27-3/h7-10,12,16H,4-6,11,13-14H2,1-3H3/b10-8+/t16-/m0/s1. The van der Waals surface area contributed by atoms with Crippen molar-refractivity contribution in [3.05, 3.63) is 29.8 Å². The van der Waals surface area contributed by atoms with E-state index in [1.165, 1.54) is 18.1 Å². The van der Waals surface area contributed by atoms with Gasteiger partial charge in [-0.2, -0.15) is 0 Å². The summed E-state index contributed by atoms with van der Waals surface area (Å²) in [6.45, 7) is 2.51. The number of esters is 2. The molecule has 0 saturated carbocycles. The lowest BCUT2D eigenvalue weighted by Crippen LogP contribution is -2.44. The van der Waals surface area contributed by atoms with Crippen molar-refractivity contribution >= 4 is 23.9 Å². The molecule has 0 unspecified atom stereocenters. The van der Waals surface area contributed by atoms with Crippen molar-refractivity contribution in [2.24, 2.45) is 5.92 Å². The molecule has 1 amide bonds. The predicted molar refractivity (Wildman–Crippen MR) is 105 cm³/mol. The minimum Gasteiger partial charge on any atom is -0.493 e. The van der Waals surface area contributed by atoms with Crippen LogP contribution >= 0.6 is 0 Å². The predicted octanol–water partition coefficient (Wildman–Crippen LogP) is 2.06. The number of hydrogen-bond donors (Lipinski definition) is 0. The van der Waals surface area contributed by atoms with E-state index in [4.69, 9.17) is 18.9 Å². The van der Waals surface area contributed by atoms with Crippen molar-refractivity contribution in [1.29, 1.82) is 0 Å². The molecule has 1 aromatic carbocycles. The molecule has 0 aliphatic carbocycles. The van der Waals surface area contributed by atoms with Gasteiger partial charge in [-0.3, -0.25) is 9.59 Å². The summed E-state index contributed by atoms with van der Waals surface area (Å²) in [5.41, 5.74) is 0.722. The fourth-order valence-corrected chi connectivity index (χ4v) is 3.05. The van der Waals surface area contributed by atoms with E-state index in [1.54, 1.807) is 38.3 Å². The fraction of sp³-hybridized carbons (Fsp3) is 0.476. The molecule has 0 bridgehead atoms. The van der Waals surface area contributed by atoms with Gasteiger partial charge in [-0.1, -0.05) is 6.07 Å². The number of amides is 1. The van der Waals surface area contributed by atoms with Crippen molar-refractivity contribution in [2.45, 2.75) is 19.8 Å². The number of nitrogens with zero attached hydrogens (tertiary/aromatic N) is 1. The van der Waals surface area contributed by atoms with E-state index in [9.17, 15) is 14.4 Å². The summed E-state index contributed by atoms with van der Waals surface area (Å²) >= 11 is 0. The van der Waals surface area contributed by atoms with Gasteiger partial charge in [0.15, 0.2) is 18.1 Å². The molecule has 1 aliphatic heterocycles. The molecule has 158 valence electrons. The molecule has 1 heterocycles. The number of carbonyl (C=O) groups excluding carboxylic acids is 3. The molecule has 0 aromatic heterocycles. The Kier molecular flexibility index (Phi) is 8.51. The summed E-state index contributed by atoms with van der Waals surface area (Å²) in [4.78, 5) is 37.6. The highest BCUT2D eigenvalue weighted by molar-refractivity contribution is 5.89. The molecule has 0 radical (unpaired) electrons. The zero-order valence-electron chi connectivity index (χ0n) is 17.0. The quantitative estimate of drug-likeness (QED) is 0.483. The van der Waals surface area contributed by atoms with Crippen molar-refractivity contribution in [1.82, 2.24) is 4.90 Å². The van der Waals surface area contributed by atoms with Crippen molar-refractivity contribution in [3.8, 4) is 11.5 Å². The van der Waals surface area contributed by atoms with Crippen molar-refractivity contribution in [3.63, 3.8) is 0 Å². The largest absolute Gasteiger partial charge is 0.493 e. The van der Waals surface area contributed by atoms with Gasteiger partial charge in [-0.25, -0.2) is 4.79 Å². The minimum absolute atomic E-state index is 0.288. The van der Waals surface area contributed by atoms with Gasteiger partial charge in [0.05, 0.1) is 26.7 Å². The van der Waals surface area contributed by atoms with Gasteiger partial charge in [0.2, 0.25) is 0 Å². The number of methoxy groups -OCH3 is 2. The molecule has 1 aromatic rings. The highest BCUT2D eigenvalue weighted by Crippen LogP contribution is 2.28. The van der Waals surface area contributed by atoms with Crippen LogP contribution in [0.5, 0.6) is 11.5 Å². The first-order valence-corrected chi connectivity index (χ1v) is 9.49. The van der Waals surface area contributed by atoms with Crippen LogP contribution in [0.25, 0.3) is 6.08 Å². The molecule has 8 heteroatoms. The zero-order chi connectivity index (χ0) is 21.2. The Balaban J connectivity index is 1.84. The Bertz CT molecular complexity index is 759. The summed E-state index contributed by atoms with van der Waals surface area (Å²) < 4.78 is 20.4. The van der Waals surface area contributed by atoms with Gasteiger partial charge < -0.3 is 23.8 Å². The Hall–Kier alpha value is -3.03. The number of carbonyl (C=O) groups is 3. The number of likely N-dealkylation sites (tertiary alicyclic amines) is 1. The average molecular weight is 405 g/mol. The molecule has 1 fully saturated rings. The first-order valence-electron chi connectivity index (χ1n) is 9.49. The first-order chi connectivity index (χ1) is 14.0. The Labute approximate surface area is 170 Å². The lowest BCUT2D eigenvalue weighted by Gasteiger charge is -2.31. The summed E-state index contributed by atoms with van der Waals surface area (Å²) in [5, 5.41) is 0. The maximum Gasteiger partial charge on any atom is 0.331 e. The van der Waals surface area contributed by atoms with Crippen LogP contribution < -0.4 is 9.47 Å². The molecule has 0 N–H and O–H groups in total. The average Bonchev–Trinajstić information content (AvgIpc) is 2.75. The van der Waals surface area contributed by atoms with Crippen LogP contribution in [0.2, 0.25) is 0 Å². The van der Waals surface area contributed by atoms with Gasteiger partial charge in [-0.05, 0) is 43.5 Å². The van der Waals surface area contributed by atoms with Crippen LogP contribution in [0.3, 0.4) is 0 Å². The summed E-state index contributed by atoms with van der Waals surface area (Å²) in [7, 11) is 3.07. The molecule has 8 nitrogen and oxygen atoms in total. The molecule has 29 heavy (non-hydrogen) atoms. The summed E-state index contributed by atoms with van der Waals surface area (Å²) in [6.07, 6.45) is 4.21. The third-order valence-electron chi connectivity index (χ3n) is 4.55. The second kappa shape index (κ2) is 11.1. The van der Waals surface area contributed by atoms with E-state index in [2.05, 4.69) is 0 Å².